The van der Waals surface area contributed by atoms with E-state index in [2.05, 4.69) is 16.0 Å². The van der Waals surface area contributed by atoms with E-state index in [4.69, 9.17) is 11.5 Å². The van der Waals surface area contributed by atoms with Crippen LogP contribution >= 0.6 is 0 Å². The average Bonchev–Trinajstić information content (AvgIpc) is 2.68. The molecule has 0 aliphatic heterocycles. The van der Waals surface area contributed by atoms with Gasteiger partial charge in [-0.05, 0) is 43.4 Å². The van der Waals surface area contributed by atoms with Crippen LogP contribution in [0.1, 0.15) is 73.6 Å². The maximum absolute atomic E-state index is 13.0. The van der Waals surface area contributed by atoms with E-state index in [0.29, 0.717) is 12.8 Å². The summed E-state index contributed by atoms with van der Waals surface area (Å²) < 4.78 is 0. The molecule has 4 unspecified atom stereocenters. The highest BCUT2D eigenvalue weighted by atomic mass is 16.4. The number of carbonyl (C=O) groups is 5. The Labute approximate surface area is 202 Å². The Balaban J connectivity index is 5.57. The number of carboxylic acids is 1. The molecule has 8 N–H and O–H groups in total. The molecule has 0 aliphatic carbocycles. The number of hydrogen-bond acceptors (Lipinski definition) is 6. The molecule has 4 atom stereocenters. The van der Waals surface area contributed by atoms with Gasteiger partial charge in [0, 0.05) is 6.42 Å². The number of nitrogens with one attached hydrogen (secondary N) is 3. The highest BCUT2D eigenvalue weighted by molar-refractivity contribution is 5.94. The molecule has 196 valence electrons. The summed E-state index contributed by atoms with van der Waals surface area (Å²) in [5.41, 5.74) is 11.1. The molecule has 0 radical (unpaired) electrons. The first-order valence-electron chi connectivity index (χ1n) is 11.8. The van der Waals surface area contributed by atoms with Crippen LogP contribution in [0.25, 0.3) is 0 Å². The van der Waals surface area contributed by atoms with Crippen molar-refractivity contribution in [2.45, 2.75) is 97.8 Å². The summed E-state index contributed by atoms with van der Waals surface area (Å²) in [7, 11) is 0. The molecule has 0 aromatic rings. The smallest absolute Gasteiger partial charge is 0.326 e. The van der Waals surface area contributed by atoms with Gasteiger partial charge in [0.25, 0.3) is 0 Å². The molecule has 0 saturated heterocycles. The Kier molecular flexibility index (Phi) is 14.1. The van der Waals surface area contributed by atoms with Crippen LogP contribution in [-0.2, 0) is 24.0 Å². The van der Waals surface area contributed by atoms with Crippen molar-refractivity contribution in [1.82, 2.24) is 16.0 Å². The molecule has 4 amide bonds. The number of primary amides is 1. The normalized spacial score (nSPS) is 14.9. The third kappa shape index (κ3) is 13.1. The molecule has 34 heavy (non-hydrogen) atoms. The molecule has 0 saturated carbocycles. The first-order chi connectivity index (χ1) is 15.6. The van der Waals surface area contributed by atoms with Gasteiger partial charge in [0.15, 0.2) is 0 Å². The van der Waals surface area contributed by atoms with Crippen LogP contribution in [-0.4, -0.2) is 58.9 Å². The van der Waals surface area contributed by atoms with E-state index in [1.54, 1.807) is 0 Å². The molecule has 11 nitrogen and oxygen atoms in total. The van der Waals surface area contributed by atoms with Crippen molar-refractivity contribution in [3.63, 3.8) is 0 Å². The van der Waals surface area contributed by atoms with Crippen LogP contribution in [0.4, 0.5) is 0 Å². The number of amides is 4. The first kappa shape index (κ1) is 31.3. The summed E-state index contributed by atoms with van der Waals surface area (Å²) in [4.78, 5) is 61.2. The van der Waals surface area contributed by atoms with Gasteiger partial charge in [-0.1, -0.05) is 41.5 Å². The van der Waals surface area contributed by atoms with Crippen LogP contribution in [0.2, 0.25) is 0 Å². The number of carbonyl (C=O) groups excluding carboxylic acids is 4. The quantitative estimate of drug-likeness (QED) is 0.180. The molecule has 0 spiro atoms. The predicted molar refractivity (Wildman–Crippen MR) is 128 cm³/mol. The second-order valence-corrected chi connectivity index (χ2v) is 10.0. The third-order valence-electron chi connectivity index (χ3n) is 5.04. The van der Waals surface area contributed by atoms with Gasteiger partial charge in [0.1, 0.15) is 18.1 Å². The minimum Gasteiger partial charge on any atom is -0.480 e. The summed E-state index contributed by atoms with van der Waals surface area (Å²) in [5.74, 6) is -3.49. The zero-order chi connectivity index (χ0) is 26.6. The number of aliphatic carboxylic acids is 1. The summed E-state index contributed by atoms with van der Waals surface area (Å²) in [6.07, 6.45) is 0.618. The van der Waals surface area contributed by atoms with E-state index >= 15 is 0 Å². The third-order valence-corrected chi connectivity index (χ3v) is 5.04. The summed E-state index contributed by atoms with van der Waals surface area (Å²) in [5, 5.41) is 17.0. The summed E-state index contributed by atoms with van der Waals surface area (Å²) in [6, 6.07) is -4.10. The lowest BCUT2D eigenvalue weighted by molar-refractivity contribution is -0.143. The van der Waals surface area contributed by atoms with Crippen LogP contribution in [0.15, 0.2) is 0 Å². The predicted octanol–water partition coefficient (Wildman–Crippen LogP) is 0.257. The molecule has 0 fully saturated rings. The van der Waals surface area contributed by atoms with Crippen LogP contribution in [0.3, 0.4) is 0 Å². The Morgan fingerprint density at radius 2 is 1.09 bits per heavy atom. The number of hydrogen-bond donors (Lipinski definition) is 6. The van der Waals surface area contributed by atoms with Crippen LogP contribution in [0, 0.1) is 17.8 Å². The van der Waals surface area contributed by atoms with E-state index in [-0.39, 0.29) is 37.0 Å². The van der Waals surface area contributed by atoms with Gasteiger partial charge < -0.3 is 32.5 Å². The van der Waals surface area contributed by atoms with Gasteiger partial charge in [0.05, 0.1) is 6.04 Å². The second kappa shape index (κ2) is 15.3. The molecular formula is C23H43N5O6. The molecule has 0 aliphatic rings. The van der Waals surface area contributed by atoms with Gasteiger partial charge in [-0.3, -0.25) is 19.2 Å². The van der Waals surface area contributed by atoms with Gasteiger partial charge in [-0.15, -0.1) is 0 Å². The molecule has 0 bridgehead atoms. The van der Waals surface area contributed by atoms with E-state index in [9.17, 15) is 29.1 Å². The van der Waals surface area contributed by atoms with Gasteiger partial charge in [-0.2, -0.15) is 0 Å². The highest BCUT2D eigenvalue weighted by Gasteiger charge is 2.31. The topological polar surface area (TPSA) is 194 Å². The van der Waals surface area contributed by atoms with Crippen molar-refractivity contribution >= 4 is 29.6 Å². The van der Waals surface area contributed by atoms with Gasteiger partial charge in [-0.25, -0.2) is 4.79 Å². The average molecular weight is 486 g/mol. The fraction of sp³-hybridized carbons (Fsp3) is 0.783. The first-order valence-corrected chi connectivity index (χ1v) is 11.8. The fourth-order valence-corrected chi connectivity index (χ4v) is 3.39. The minimum atomic E-state index is -1.20. The van der Waals surface area contributed by atoms with Gasteiger partial charge in [0.2, 0.25) is 23.6 Å². The van der Waals surface area contributed by atoms with Crippen molar-refractivity contribution in [2.24, 2.45) is 29.2 Å². The minimum absolute atomic E-state index is 0.000688. The monoisotopic (exact) mass is 485 g/mol. The SMILES string of the molecule is CC(C)CC(N)C(=O)NC(CC(C)C)C(=O)NC(CCC(N)=O)C(=O)NC(CC(C)C)C(=O)O. The zero-order valence-electron chi connectivity index (χ0n) is 21.2. The molecule has 0 heterocycles. The van der Waals surface area contributed by atoms with Gasteiger partial charge >= 0.3 is 5.97 Å². The van der Waals surface area contributed by atoms with E-state index in [1.165, 1.54) is 0 Å². The van der Waals surface area contributed by atoms with Crippen molar-refractivity contribution in [1.29, 1.82) is 0 Å². The van der Waals surface area contributed by atoms with Crippen molar-refractivity contribution in [3.8, 4) is 0 Å². The molecule has 0 aromatic heterocycles. The summed E-state index contributed by atoms with van der Waals surface area (Å²) in [6.45, 7) is 11.2. The van der Waals surface area contributed by atoms with Crippen LogP contribution < -0.4 is 27.4 Å². The Bertz CT molecular complexity index is 710. The number of carboxylic acid groups (broad SMARTS) is 1. The van der Waals surface area contributed by atoms with Crippen molar-refractivity contribution < 1.29 is 29.1 Å². The molecule has 11 heteroatoms. The zero-order valence-corrected chi connectivity index (χ0v) is 21.2. The maximum Gasteiger partial charge on any atom is 0.326 e. The lowest BCUT2D eigenvalue weighted by Gasteiger charge is -2.26. The number of rotatable bonds is 16. The lowest BCUT2D eigenvalue weighted by Crippen LogP contribution is -2.57. The van der Waals surface area contributed by atoms with E-state index in [1.807, 2.05) is 41.5 Å². The second-order valence-electron chi connectivity index (χ2n) is 10.0. The van der Waals surface area contributed by atoms with E-state index < -0.39 is 53.8 Å². The van der Waals surface area contributed by atoms with Crippen molar-refractivity contribution in [2.75, 3.05) is 0 Å². The highest BCUT2D eigenvalue weighted by Crippen LogP contribution is 2.10. The molecular weight excluding hydrogens is 442 g/mol. The van der Waals surface area contributed by atoms with E-state index in [0.717, 1.165) is 0 Å². The molecule has 0 rings (SSSR count). The standard InChI is InChI=1S/C23H43N5O6/c1-12(2)9-15(24)20(30)27-17(10-13(3)4)22(32)26-16(7-8-19(25)29)21(31)28-18(23(33)34)11-14(5)6/h12-18H,7-11,24H2,1-6H3,(H2,25,29)(H,26,32)(H,27,30)(H,28,31)(H,33,34). The Morgan fingerprint density at radius 1 is 0.676 bits per heavy atom. The van der Waals surface area contributed by atoms with Crippen molar-refractivity contribution in [3.05, 3.63) is 0 Å². The maximum atomic E-state index is 13.0. The Hall–Kier alpha value is -2.69. The fourth-order valence-electron chi connectivity index (χ4n) is 3.39. The Morgan fingerprint density at radius 3 is 1.53 bits per heavy atom. The largest absolute Gasteiger partial charge is 0.480 e. The lowest BCUT2D eigenvalue weighted by atomic mass is 9.99. The summed E-state index contributed by atoms with van der Waals surface area (Å²) >= 11 is 0. The molecule has 0 aromatic carbocycles. The number of nitrogens with two attached hydrogens (primary N) is 2. The van der Waals surface area contributed by atoms with Crippen LogP contribution in [0.5, 0.6) is 0 Å².